The van der Waals surface area contributed by atoms with Crippen molar-refractivity contribution in [3.05, 3.63) is 59.7 Å². The number of fused-ring (bicyclic) bond motifs is 3. The molecule has 0 spiro atoms. The van der Waals surface area contributed by atoms with Crippen molar-refractivity contribution in [2.24, 2.45) is 10.8 Å². The van der Waals surface area contributed by atoms with E-state index in [1.165, 1.54) is 11.1 Å². The van der Waals surface area contributed by atoms with Gasteiger partial charge in [0.15, 0.2) is 0 Å². The molecule has 2 aromatic carbocycles. The molecule has 0 saturated carbocycles. The van der Waals surface area contributed by atoms with Crippen molar-refractivity contribution in [2.75, 3.05) is 26.2 Å². The number of piperidine rings is 1. The van der Waals surface area contributed by atoms with Gasteiger partial charge in [-0.25, -0.2) is 4.79 Å². The van der Waals surface area contributed by atoms with Crippen LogP contribution in [0.3, 0.4) is 0 Å². The molecule has 0 radical (unpaired) electrons. The second kappa shape index (κ2) is 9.12. The molecule has 1 aliphatic heterocycles. The second-order valence-corrected chi connectivity index (χ2v) is 10.2. The van der Waals surface area contributed by atoms with Crippen molar-refractivity contribution in [3.8, 4) is 11.1 Å². The number of carboxylic acid groups (broad SMARTS) is 1. The number of amides is 2. The van der Waals surface area contributed by atoms with Gasteiger partial charge in [0.25, 0.3) is 0 Å². The predicted molar refractivity (Wildman–Crippen MR) is 128 cm³/mol. The van der Waals surface area contributed by atoms with Crippen LogP contribution in [-0.2, 0) is 14.3 Å². The maximum absolute atomic E-state index is 13.0. The van der Waals surface area contributed by atoms with Crippen LogP contribution in [0, 0.1) is 10.8 Å². The molecule has 2 amide bonds. The number of carbonyl (C=O) groups is 3. The summed E-state index contributed by atoms with van der Waals surface area (Å²) in [6, 6.07) is 16.3. The molecule has 1 fully saturated rings. The molecule has 2 N–H and O–H groups in total. The summed E-state index contributed by atoms with van der Waals surface area (Å²) in [5, 5.41) is 12.1. The van der Waals surface area contributed by atoms with Crippen LogP contribution in [0.2, 0.25) is 0 Å². The Morgan fingerprint density at radius 3 is 2.09 bits per heavy atom. The molecule has 1 heterocycles. The normalized spacial score (nSPS) is 17.0. The molecule has 180 valence electrons. The third-order valence-corrected chi connectivity index (χ3v) is 7.27. The highest BCUT2D eigenvalue weighted by atomic mass is 16.5. The molecule has 0 atom stereocenters. The van der Waals surface area contributed by atoms with Gasteiger partial charge < -0.3 is 20.1 Å². The first-order valence-electron chi connectivity index (χ1n) is 11.7. The second-order valence-electron chi connectivity index (χ2n) is 10.2. The summed E-state index contributed by atoms with van der Waals surface area (Å²) in [5.41, 5.74) is 3.00. The van der Waals surface area contributed by atoms with Gasteiger partial charge in [-0.3, -0.25) is 9.59 Å². The smallest absolute Gasteiger partial charge is 0.407 e. The molecule has 7 heteroatoms. The summed E-state index contributed by atoms with van der Waals surface area (Å²) in [4.78, 5) is 38.7. The number of rotatable bonds is 6. The minimum absolute atomic E-state index is 0.0234. The SMILES string of the molecule is CC(C)(CNC(=O)OCC1c2ccccc2-c2ccccc21)C(=O)N1CCC(C)(C(=O)O)CC1. The van der Waals surface area contributed by atoms with Gasteiger partial charge in [0, 0.05) is 25.6 Å². The third kappa shape index (κ3) is 4.52. The first-order chi connectivity index (χ1) is 16.1. The van der Waals surface area contributed by atoms with Crippen LogP contribution in [0.5, 0.6) is 0 Å². The predicted octanol–water partition coefficient (Wildman–Crippen LogP) is 4.26. The van der Waals surface area contributed by atoms with Crippen molar-refractivity contribution in [2.45, 2.75) is 39.5 Å². The molecule has 0 unspecified atom stereocenters. The van der Waals surface area contributed by atoms with Crippen LogP contribution >= 0.6 is 0 Å². The molecule has 4 rings (SSSR count). The van der Waals surface area contributed by atoms with Gasteiger partial charge in [0.1, 0.15) is 6.61 Å². The molecule has 1 aliphatic carbocycles. The lowest BCUT2D eigenvalue weighted by molar-refractivity contribution is -0.154. The number of carbonyl (C=O) groups excluding carboxylic acids is 2. The van der Waals surface area contributed by atoms with Crippen molar-refractivity contribution in [1.29, 1.82) is 0 Å². The number of hydrogen-bond donors (Lipinski definition) is 2. The third-order valence-electron chi connectivity index (χ3n) is 7.27. The Morgan fingerprint density at radius 1 is 1.03 bits per heavy atom. The van der Waals surface area contributed by atoms with E-state index in [2.05, 4.69) is 29.6 Å². The number of ether oxygens (including phenoxy) is 1. The number of nitrogens with one attached hydrogen (secondary N) is 1. The number of benzene rings is 2. The Balaban J connectivity index is 1.31. The van der Waals surface area contributed by atoms with E-state index in [1.54, 1.807) is 25.7 Å². The van der Waals surface area contributed by atoms with Crippen molar-refractivity contribution in [1.82, 2.24) is 10.2 Å². The van der Waals surface area contributed by atoms with Crippen LogP contribution in [0.15, 0.2) is 48.5 Å². The number of carboxylic acids is 1. The van der Waals surface area contributed by atoms with Gasteiger partial charge in [0.05, 0.1) is 10.8 Å². The van der Waals surface area contributed by atoms with Crippen molar-refractivity contribution < 1.29 is 24.2 Å². The van der Waals surface area contributed by atoms with Gasteiger partial charge in [-0.05, 0) is 55.9 Å². The van der Waals surface area contributed by atoms with Crippen LogP contribution in [0.25, 0.3) is 11.1 Å². The number of aliphatic carboxylic acids is 1. The lowest BCUT2D eigenvalue weighted by Gasteiger charge is -2.39. The van der Waals surface area contributed by atoms with Gasteiger partial charge in [-0.1, -0.05) is 48.5 Å². The fourth-order valence-electron chi connectivity index (χ4n) is 4.86. The van der Waals surface area contributed by atoms with Crippen LogP contribution in [0.1, 0.15) is 50.7 Å². The fourth-order valence-corrected chi connectivity index (χ4v) is 4.86. The van der Waals surface area contributed by atoms with E-state index in [4.69, 9.17) is 4.74 Å². The van der Waals surface area contributed by atoms with Gasteiger partial charge in [-0.2, -0.15) is 0 Å². The van der Waals surface area contributed by atoms with E-state index in [1.807, 2.05) is 24.3 Å². The molecule has 7 nitrogen and oxygen atoms in total. The fraction of sp³-hybridized carbons (Fsp3) is 0.444. The minimum Gasteiger partial charge on any atom is -0.481 e. The van der Waals surface area contributed by atoms with Crippen LogP contribution < -0.4 is 5.32 Å². The first-order valence-corrected chi connectivity index (χ1v) is 11.7. The molecule has 34 heavy (non-hydrogen) atoms. The van der Waals surface area contributed by atoms with E-state index < -0.39 is 22.9 Å². The van der Waals surface area contributed by atoms with E-state index >= 15 is 0 Å². The topological polar surface area (TPSA) is 95.9 Å². The van der Waals surface area contributed by atoms with E-state index in [0.717, 1.165) is 11.1 Å². The van der Waals surface area contributed by atoms with Crippen molar-refractivity contribution in [3.63, 3.8) is 0 Å². The quantitative estimate of drug-likeness (QED) is 0.666. The summed E-state index contributed by atoms with van der Waals surface area (Å²) < 4.78 is 5.57. The van der Waals surface area contributed by atoms with Gasteiger partial charge in [-0.15, -0.1) is 0 Å². The van der Waals surface area contributed by atoms with Crippen molar-refractivity contribution >= 4 is 18.0 Å². The summed E-state index contributed by atoms with van der Waals surface area (Å²) in [5.74, 6) is -0.945. The molecular formula is C27H32N2O5. The molecule has 0 bridgehead atoms. The zero-order valence-corrected chi connectivity index (χ0v) is 20.0. The highest BCUT2D eigenvalue weighted by molar-refractivity contribution is 5.84. The van der Waals surface area contributed by atoms with E-state index in [0.29, 0.717) is 25.9 Å². The Bertz CT molecular complexity index is 1060. The summed E-state index contributed by atoms with van der Waals surface area (Å²) in [6.07, 6.45) is 0.285. The number of alkyl carbamates (subject to hydrolysis) is 1. The van der Waals surface area contributed by atoms with Gasteiger partial charge >= 0.3 is 12.1 Å². The Labute approximate surface area is 200 Å². The highest BCUT2D eigenvalue weighted by Gasteiger charge is 2.41. The monoisotopic (exact) mass is 464 g/mol. The van der Waals surface area contributed by atoms with E-state index in [9.17, 15) is 19.5 Å². The largest absolute Gasteiger partial charge is 0.481 e. The average molecular weight is 465 g/mol. The molecule has 2 aromatic rings. The van der Waals surface area contributed by atoms with Crippen LogP contribution in [-0.4, -0.2) is 54.2 Å². The lowest BCUT2D eigenvalue weighted by Crippen LogP contribution is -2.51. The highest BCUT2D eigenvalue weighted by Crippen LogP contribution is 2.44. The number of hydrogen-bond acceptors (Lipinski definition) is 4. The number of likely N-dealkylation sites (tertiary alicyclic amines) is 1. The average Bonchev–Trinajstić information content (AvgIpc) is 3.15. The molecule has 2 aliphatic rings. The lowest BCUT2D eigenvalue weighted by atomic mass is 9.79. The molecule has 0 aromatic heterocycles. The Kier molecular flexibility index (Phi) is 6.39. The van der Waals surface area contributed by atoms with Gasteiger partial charge in [0.2, 0.25) is 5.91 Å². The molecular weight excluding hydrogens is 432 g/mol. The van der Waals surface area contributed by atoms with Crippen LogP contribution in [0.4, 0.5) is 4.79 Å². The summed E-state index contributed by atoms with van der Waals surface area (Å²) in [6.45, 7) is 6.44. The first kappa shape index (κ1) is 23.8. The molecule has 1 saturated heterocycles. The maximum Gasteiger partial charge on any atom is 0.407 e. The Morgan fingerprint density at radius 2 is 1.56 bits per heavy atom. The summed E-state index contributed by atoms with van der Waals surface area (Å²) >= 11 is 0. The number of nitrogens with zero attached hydrogens (tertiary/aromatic N) is 1. The minimum atomic E-state index is -0.831. The summed E-state index contributed by atoms with van der Waals surface area (Å²) in [7, 11) is 0. The maximum atomic E-state index is 13.0. The standard InChI is InChI=1S/C27H32N2O5/c1-26(2,23(30)29-14-12-27(3,13-15-29)24(31)32)17-28-25(33)34-16-22-20-10-6-4-8-18(20)19-9-5-7-11-21(19)22/h4-11,22H,12-17H2,1-3H3,(H,28,33)(H,31,32). The van der Waals surface area contributed by atoms with E-state index in [-0.39, 0.29) is 25.0 Å². The zero-order chi connectivity index (χ0) is 24.5. The Hall–Kier alpha value is -3.35. The zero-order valence-electron chi connectivity index (χ0n) is 20.0.